The van der Waals surface area contributed by atoms with E-state index in [1.807, 2.05) is 24.3 Å². The number of aromatic amines is 1. The first-order valence-electron chi connectivity index (χ1n) is 10.5. The maximum absolute atomic E-state index is 13.1. The summed E-state index contributed by atoms with van der Waals surface area (Å²) in [6.45, 7) is 1.53. The molecule has 0 spiro atoms. The van der Waals surface area contributed by atoms with Crippen LogP contribution in [-0.4, -0.2) is 47.1 Å². The van der Waals surface area contributed by atoms with Crippen molar-refractivity contribution in [3.63, 3.8) is 0 Å². The molecule has 8 heteroatoms. The maximum atomic E-state index is 13.1. The van der Waals surface area contributed by atoms with E-state index in [1.54, 1.807) is 30.2 Å². The number of para-hydroxylation sites is 1. The molecule has 1 fully saturated rings. The summed E-state index contributed by atoms with van der Waals surface area (Å²) < 4.78 is 18.4. The van der Waals surface area contributed by atoms with Gasteiger partial charge in [0.1, 0.15) is 17.3 Å². The molecule has 166 valence electrons. The van der Waals surface area contributed by atoms with Gasteiger partial charge in [0.2, 0.25) is 5.91 Å². The molecular formula is C24H25FN4O3. The number of carbonyl (C=O) groups excluding carboxylic acids is 2. The van der Waals surface area contributed by atoms with Crippen molar-refractivity contribution in [3.05, 3.63) is 82.9 Å². The van der Waals surface area contributed by atoms with Crippen LogP contribution in [0, 0.1) is 5.82 Å². The van der Waals surface area contributed by atoms with Crippen LogP contribution in [-0.2, 0) is 17.8 Å². The molecule has 3 aromatic rings. The fraction of sp³-hybridized carbons (Fsp3) is 0.292. The number of benzene rings is 2. The zero-order valence-electron chi connectivity index (χ0n) is 17.8. The Morgan fingerprint density at radius 3 is 2.78 bits per heavy atom. The number of amides is 2. The summed E-state index contributed by atoms with van der Waals surface area (Å²) >= 11 is 0. The lowest BCUT2D eigenvalue weighted by molar-refractivity contribution is -0.129. The molecule has 1 aliphatic heterocycles. The fourth-order valence-corrected chi connectivity index (χ4v) is 3.91. The summed E-state index contributed by atoms with van der Waals surface area (Å²) in [5, 5.41) is 9.96. The molecule has 7 nitrogen and oxygen atoms in total. The van der Waals surface area contributed by atoms with Crippen LogP contribution in [0.1, 0.15) is 39.6 Å². The third-order valence-electron chi connectivity index (χ3n) is 5.71. The van der Waals surface area contributed by atoms with Crippen LogP contribution >= 0.6 is 0 Å². The van der Waals surface area contributed by atoms with Gasteiger partial charge in [-0.2, -0.15) is 5.10 Å². The topological polar surface area (TPSA) is 87.3 Å². The average Bonchev–Trinajstić information content (AvgIpc) is 3.49. The van der Waals surface area contributed by atoms with Gasteiger partial charge in [0.25, 0.3) is 5.91 Å². The van der Waals surface area contributed by atoms with Crippen LogP contribution < -0.4 is 10.1 Å². The van der Waals surface area contributed by atoms with E-state index in [1.165, 1.54) is 12.1 Å². The van der Waals surface area contributed by atoms with Crippen molar-refractivity contribution in [3.8, 4) is 5.75 Å². The number of likely N-dealkylation sites (tertiary alicyclic amines) is 1. The third kappa shape index (κ3) is 4.96. The number of halogens is 1. The van der Waals surface area contributed by atoms with Crippen LogP contribution in [0.2, 0.25) is 0 Å². The van der Waals surface area contributed by atoms with Gasteiger partial charge in [0.15, 0.2) is 0 Å². The van der Waals surface area contributed by atoms with Gasteiger partial charge in [-0.3, -0.25) is 14.7 Å². The van der Waals surface area contributed by atoms with Crippen molar-refractivity contribution >= 4 is 11.8 Å². The molecule has 32 heavy (non-hydrogen) atoms. The molecule has 0 aliphatic carbocycles. The van der Waals surface area contributed by atoms with Crippen LogP contribution in [0.3, 0.4) is 0 Å². The lowest BCUT2D eigenvalue weighted by Gasteiger charge is -2.16. The van der Waals surface area contributed by atoms with Gasteiger partial charge in [0, 0.05) is 36.8 Å². The Balaban J connectivity index is 1.32. The number of methoxy groups -OCH3 is 1. The number of rotatable bonds is 7. The maximum Gasteiger partial charge on any atom is 0.272 e. The van der Waals surface area contributed by atoms with Crippen LogP contribution in [0.5, 0.6) is 5.75 Å². The second kappa shape index (κ2) is 9.64. The number of H-pyrrole nitrogens is 1. The first-order valence-corrected chi connectivity index (χ1v) is 10.5. The molecule has 2 N–H and O–H groups in total. The molecule has 0 bridgehead atoms. The van der Waals surface area contributed by atoms with Crippen molar-refractivity contribution in [2.75, 3.05) is 20.2 Å². The van der Waals surface area contributed by atoms with E-state index in [0.717, 1.165) is 23.2 Å². The first kappa shape index (κ1) is 21.5. The normalized spacial score (nSPS) is 15.6. The van der Waals surface area contributed by atoms with Crippen molar-refractivity contribution < 1.29 is 18.7 Å². The molecule has 1 atom stereocenters. The van der Waals surface area contributed by atoms with Gasteiger partial charge < -0.3 is 15.0 Å². The van der Waals surface area contributed by atoms with Gasteiger partial charge in [-0.05, 0) is 36.2 Å². The Morgan fingerprint density at radius 1 is 1.22 bits per heavy atom. The first-order chi connectivity index (χ1) is 15.5. The highest BCUT2D eigenvalue weighted by molar-refractivity contribution is 5.92. The van der Waals surface area contributed by atoms with Gasteiger partial charge >= 0.3 is 0 Å². The second-order valence-corrected chi connectivity index (χ2v) is 7.83. The summed E-state index contributed by atoms with van der Waals surface area (Å²) in [5.74, 6) is 0.223. The van der Waals surface area contributed by atoms with Gasteiger partial charge in [-0.1, -0.05) is 30.3 Å². The smallest absolute Gasteiger partial charge is 0.272 e. The van der Waals surface area contributed by atoms with Crippen molar-refractivity contribution in [2.45, 2.75) is 25.3 Å². The summed E-state index contributed by atoms with van der Waals surface area (Å²) in [7, 11) is 1.59. The van der Waals surface area contributed by atoms with Crippen LogP contribution in [0.25, 0.3) is 0 Å². The Labute approximate surface area is 185 Å². The predicted molar refractivity (Wildman–Crippen MR) is 117 cm³/mol. The van der Waals surface area contributed by atoms with E-state index in [9.17, 15) is 14.0 Å². The standard InChI is InChI=1S/C24H25FN4O3/c1-32-22-5-3-2-4-17(22)14-26-24(31)21-13-20(27-28-21)18-10-11-29(15-18)23(30)12-16-6-8-19(25)9-7-16/h2-9,13,18H,10-12,14-15H2,1H3,(H,26,31)(H,27,28)/t18-/m0/s1. The SMILES string of the molecule is COc1ccccc1CNC(=O)c1cc([C@H]2CCN(C(=O)Cc3ccc(F)cc3)C2)[nH]n1. The Kier molecular flexibility index (Phi) is 6.49. The number of hydrogen-bond donors (Lipinski definition) is 2. The molecule has 4 rings (SSSR count). The number of carbonyl (C=O) groups is 2. The van der Waals surface area contributed by atoms with Gasteiger partial charge in [0.05, 0.1) is 13.5 Å². The number of ether oxygens (including phenoxy) is 1. The van der Waals surface area contributed by atoms with Gasteiger partial charge in [-0.15, -0.1) is 0 Å². The molecule has 2 aromatic carbocycles. The van der Waals surface area contributed by atoms with E-state index in [0.29, 0.717) is 31.1 Å². The predicted octanol–water partition coefficient (Wildman–Crippen LogP) is 3.05. The zero-order valence-corrected chi connectivity index (χ0v) is 17.8. The highest BCUT2D eigenvalue weighted by Crippen LogP contribution is 2.27. The molecule has 0 radical (unpaired) electrons. The van der Waals surface area contributed by atoms with E-state index < -0.39 is 0 Å². The summed E-state index contributed by atoms with van der Waals surface area (Å²) in [4.78, 5) is 26.9. The Morgan fingerprint density at radius 2 is 2.00 bits per heavy atom. The molecule has 1 saturated heterocycles. The van der Waals surface area contributed by atoms with E-state index in [-0.39, 0.29) is 30.0 Å². The fourth-order valence-electron chi connectivity index (χ4n) is 3.91. The number of nitrogens with one attached hydrogen (secondary N) is 2. The molecule has 0 saturated carbocycles. The quantitative estimate of drug-likeness (QED) is 0.596. The van der Waals surface area contributed by atoms with Gasteiger partial charge in [-0.25, -0.2) is 4.39 Å². The second-order valence-electron chi connectivity index (χ2n) is 7.83. The monoisotopic (exact) mass is 436 g/mol. The Bertz CT molecular complexity index is 1100. The molecule has 2 amide bonds. The highest BCUT2D eigenvalue weighted by atomic mass is 19.1. The minimum atomic E-state index is -0.315. The third-order valence-corrected chi connectivity index (χ3v) is 5.71. The molecule has 2 heterocycles. The average molecular weight is 436 g/mol. The molecule has 1 aromatic heterocycles. The van der Waals surface area contributed by atoms with Crippen LogP contribution in [0.4, 0.5) is 4.39 Å². The lowest BCUT2D eigenvalue weighted by Crippen LogP contribution is -2.29. The summed E-state index contributed by atoms with van der Waals surface area (Å²) in [6.07, 6.45) is 1.03. The summed E-state index contributed by atoms with van der Waals surface area (Å²) in [5.41, 5.74) is 2.82. The van der Waals surface area contributed by atoms with E-state index in [4.69, 9.17) is 4.74 Å². The largest absolute Gasteiger partial charge is 0.496 e. The minimum Gasteiger partial charge on any atom is -0.496 e. The highest BCUT2D eigenvalue weighted by Gasteiger charge is 2.29. The zero-order chi connectivity index (χ0) is 22.5. The van der Waals surface area contributed by atoms with Crippen molar-refractivity contribution in [2.24, 2.45) is 0 Å². The number of hydrogen-bond acceptors (Lipinski definition) is 4. The van der Waals surface area contributed by atoms with Crippen LogP contribution in [0.15, 0.2) is 54.6 Å². The number of aromatic nitrogens is 2. The minimum absolute atomic E-state index is 0.00778. The number of nitrogens with zero attached hydrogens (tertiary/aromatic N) is 2. The van der Waals surface area contributed by atoms with Crippen molar-refractivity contribution in [1.82, 2.24) is 20.4 Å². The lowest BCUT2D eigenvalue weighted by atomic mass is 10.0. The molecule has 1 aliphatic rings. The Hall–Kier alpha value is -3.68. The van der Waals surface area contributed by atoms with E-state index in [2.05, 4.69) is 15.5 Å². The summed E-state index contributed by atoms with van der Waals surface area (Å²) in [6, 6.07) is 15.2. The molecule has 0 unspecified atom stereocenters. The van der Waals surface area contributed by atoms with E-state index >= 15 is 0 Å². The van der Waals surface area contributed by atoms with Crippen molar-refractivity contribution in [1.29, 1.82) is 0 Å². The molecular weight excluding hydrogens is 411 g/mol.